The van der Waals surface area contributed by atoms with Crippen LogP contribution in [0.15, 0.2) is 17.2 Å². The Labute approximate surface area is 111 Å². The fourth-order valence-electron chi connectivity index (χ4n) is 1.38. The van der Waals surface area contributed by atoms with E-state index in [0.717, 1.165) is 11.1 Å². The minimum absolute atomic E-state index is 0. The summed E-state index contributed by atoms with van der Waals surface area (Å²) in [4.78, 5) is 4.22. The molecule has 0 N–H and O–H groups in total. The third kappa shape index (κ3) is 2.29. The molecule has 7 heteroatoms. The van der Waals surface area contributed by atoms with Crippen LogP contribution in [0.4, 0.5) is 0 Å². The average Bonchev–Trinajstić information content (AvgIpc) is 2.42. The minimum Gasteiger partial charge on any atom is -0.768 e. The van der Waals surface area contributed by atoms with Gasteiger partial charge >= 0.3 is 29.6 Å². The number of rotatable bonds is 1. The molecule has 0 radical (unpaired) electrons. The molecule has 5 nitrogen and oxygen atoms in total. The fourth-order valence-corrected chi connectivity index (χ4v) is 1.73. The number of nitrogens with zero attached hydrogens (tertiary/aromatic N) is 3. The predicted molar refractivity (Wildman–Crippen MR) is 50.4 cm³/mol. The maximum Gasteiger partial charge on any atom is 1.00 e. The Morgan fingerprint density at radius 3 is 2.80 bits per heavy atom. The van der Waals surface area contributed by atoms with Gasteiger partial charge in [-0.3, -0.25) is 8.89 Å². The van der Waals surface area contributed by atoms with Gasteiger partial charge in [-0.1, -0.05) is 0 Å². The van der Waals surface area contributed by atoms with Crippen LogP contribution in [0.3, 0.4) is 0 Å². The second kappa shape index (κ2) is 4.71. The Kier molecular flexibility index (Phi) is 4.02. The monoisotopic (exact) mass is 233 g/mol. The van der Waals surface area contributed by atoms with Crippen LogP contribution in [0.25, 0.3) is 11.0 Å². The van der Waals surface area contributed by atoms with E-state index in [0.29, 0.717) is 5.65 Å². The number of aryl methyl sites for hydroxylation is 2. The van der Waals surface area contributed by atoms with Gasteiger partial charge in [0.05, 0.1) is 5.69 Å². The maximum atomic E-state index is 10.7. The van der Waals surface area contributed by atoms with Gasteiger partial charge in [0, 0.05) is 23.5 Å². The zero-order chi connectivity index (χ0) is 10.3. The number of pyridine rings is 1. The van der Waals surface area contributed by atoms with Crippen molar-refractivity contribution in [2.45, 2.75) is 11.8 Å². The van der Waals surface area contributed by atoms with Crippen molar-refractivity contribution in [3.8, 4) is 0 Å². The SMILES string of the molecule is Cc1nn(C)c2ncc(S(=O)[O-])cc12.[Na+]. The van der Waals surface area contributed by atoms with E-state index >= 15 is 0 Å². The van der Waals surface area contributed by atoms with Gasteiger partial charge in [-0.05, 0) is 24.1 Å². The molecule has 1 atom stereocenters. The molecule has 0 amide bonds. The van der Waals surface area contributed by atoms with Gasteiger partial charge in [-0.15, -0.1) is 0 Å². The Balaban J connectivity index is 0.00000112. The molecule has 0 bridgehead atoms. The molecule has 2 aromatic rings. The molecular formula is C8H8N3NaO2S. The third-order valence-electron chi connectivity index (χ3n) is 2.03. The number of aromatic nitrogens is 3. The molecule has 2 rings (SSSR count). The van der Waals surface area contributed by atoms with Crippen LogP contribution in [0.1, 0.15) is 5.69 Å². The van der Waals surface area contributed by atoms with E-state index in [4.69, 9.17) is 0 Å². The van der Waals surface area contributed by atoms with Gasteiger partial charge < -0.3 is 4.55 Å². The van der Waals surface area contributed by atoms with Crippen molar-refractivity contribution >= 4 is 22.1 Å². The first kappa shape index (κ1) is 12.8. The molecule has 0 aliphatic heterocycles. The standard InChI is InChI=1S/C8H9N3O2S.Na/c1-5-7-3-6(14(12)13)4-9-8(7)11(2)10-5;/h3-4H,1-2H3,(H,12,13);/q;+1/p-1. The van der Waals surface area contributed by atoms with Crippen LogP contribution in [0.5, 0.6) is 0 Å². The quantitative estimate of drug-likeness (QED) is 0.404. The van der Waals surface area contributed by atoms with Gasteiger partial charge in [0.2, 0.25) is 0 Å². The first-order valence-electron chi connectivity index (χ1n) is 3.98. The van der Waals surface area contributed by atoms with Crippen molar-refractivity contribution in [1.29, 1.82) is 0 Å². The Morgan fingerprint density at radius 2 is 2.20 bits per heavy atom. The summed E-state index contributed by atoms with van der Waals surface area (Å²) in [5, 5.41) is 4.92. The zero-order valence-corrected chi connectivity index (χ0v) is 11.5. The molecule has 0 spiro atoms. The van der Waals surface area contributed by atoms with Crippen LogP contribution >= 0.6 is 0 Å². The Hall–Kier alpha value is -0.270. The summed E-state index contributed by atoms with van der Waals surface area (Å²) in [6, 6.07) is 1.58. The first-order chi connectivity index (χ1) is 6.59. The van der Waals surface area contributed by atoms with Crippen molar-refractivity contribution in [3.63, 3.8) is 0 Å². The molecule has 15 heavy (non-hydrogen) atoms. The summed E-state index contributed by atoms with van der Waals surface area (Å²) in [6.45, 7) is 1.82. The molecule has 0 saturated heterocycles. The van der Waals surface area contributed by atoms with Crippen LogP contribution in [-0.4, -0.2) is 23.5 Å². The van der Waals surface area contributed by atoms with Gasteiger partial charge in [-0.2, -0.15) is 5.10 Å². The van der Waals surface area contributed by atoms with E-state index in [9.17, 15) is 8.76 Å². The van der Waals surface area contributed by atoms with E-state index in [2.05, 4.69) is 10.1 Å². The van der Waals surface area contributed by atoms with E-state index in [-0.39, 0.29) is 34.5 Å². The summed E-state index contributed by atoms with van der Waals surface area (Å²) in [5.41, 5.74) is 1.47. The summed E-state index contributed by atoms with van der Waals surface area (Å²) >= 11 is -2.23. The van der Waals surface area contributed by atoms with E-state index in [1.807, 2.05) is 6.92 Å². The second-order valence-electron chi connectivity index (χ2n) is 2.99. The van der Waals surface area contributed by atoms with Crippen molar-refractivity contribution < 1.29 is 38.3 Å². The minimum atomic E-state index is -2.23. The summed E-state index contributed by atoms with van der Waals surface area (Å²) in [6.07, 6.45) is 1.33. The molecule has 2 heterocycles. The molecular weight excluding hydrogens is 225 g/mol. The molecule has 0 aliphatic carbocycles. The predicted octanol–water partition coefficient (Wildman–Crippen LogP) is -2.48. The number of hydrogen-bond acceptors (Lipinski definition) is 4. The first-order valence-corrected chi connectivity index (χ1v) is 5.05. The number of fused-ring (bicyclic) bond motifs is 1. The normalized spacial score (nSPS) is 12.5. The fraction of sp³-hybridized carbons (Fsp3) is 0.250. The van der Waals surface area contributed by atoms with E-state index in [1.54, 1.807) is 17.8 Å². The Bertz CT molecular complexity index is 526. The molecule has 2 aromatic heterocycles. The van der Waals surface area contributed by atoms with E-state index in [1.165, 1.54) is 6.20 Å². The average molecular weight is 233 g/mol. The zero-order valence-electron chi connectivity index (χ0n) is 8.72. The molecule has 0 aromatic carbocycles. The molecule has 0 aliphatic rings. The van der Waals surface area contributed by atoms with Crippen molar-refractivity contribution in [2.24, 2.45) is 7.05 Å². The van der Waals surface area contributed by atoms with Crippen LogP contribution < -0.4 is 29.6 Å². The molecule has 74 valence electrons. The second-order valence-corrected chi connectivity index (χ2v) is 3.93. The van der Waals surface area contributed by atoms with Gasteiger partial charge in [-0.25, -0.2) is 4.98 Å². The molecule has 0 saturated carbocycles. The van der Waals surface area contributed by atoms with Crippen molar-refractivity contribution in [3.05, 3.63) is 18.0 Å². The molecule has 0 fully saturated rings. The third-order valence-corrected chi connectivity index (χ3v) is 2.64. The van der Waals surface area contributed by atoms with Gasteiger partial charge in [0.1, 0.15) is 0 Å². The topological polar surface area (TPSA) is 70.8 Å². The van der Waals surface area contributed by atoms with Crippen molar-refractivity contribution in [1.82, 2.24) is 14.8 Å². The van der Waals surface area contributed by atoms with Crippen LogP contribution in [-0.2, 0) is 18.1 Å². The van der Waals surface area contributed by atoms with E-state index < -0.39 is 11.1 Å². The maximum absolute atomic E-state index is 10.7. The van der Waals surface area contributed by atoms with Crippen LogP contribution in [0.2, 0.25) is 0 Å². The molecule has 1 unspecified atom stereocenters. The van der Waals surface area contributed by atoms with Crippen LogP contribution in [0, 0.1) is 6.92 Å². The van der Waals surface area contributed by atoms with Crippen molar-refractivity contribution in [2.75, 3.05) is 0 Å². The largest absolute Gasteiger partial charge is 1.00 e. The van der Waals surface area contributed by atoms with Gasteiger partial charge in [0.25, 0.3) is 0 Å². The summed E-state index contributed by atoms with van der Waals surface area (Å²) in [7, 11) is 1.77. The smallest absolute Gasteiger partial charge is 0.768 e. The summed E-state index contributed by atoms with van der Waals surface area (Å²) in [5.74, 6) is 0. The Morgan fingerprint density at radius 1 is 1.53 bits per heavy atom. The van der Waals surface area contributed by atoms with Gasteiger partial charge in [0.15, 0.2) is 5.65 Å². The summed E-state index contributed by atoms with van der Waals surface area (Å²) < 4.78 is 23.0. The number of hydrogen-bond donors (Lipinski definition) is 0.